The molecule has 6 heterocycles. The van der Waals surface area contributed by atoms with Crippen LogP contribution in [0.15, 0.2) is 122 Å². The summed E-state index contributed by atoms with van der Waals surface area (Å²) < 4.78 is 39.5. The van der Waals surface area contributed by atoms with E-state index >= 15 is 0 Å². The molecule has 18 heteroatoms. The summed E-state index contributed by atoms with van der Waals surface area (Å²) >= 11 is 0. The average Bonchev–Trinajstić information content (AvgIpc) is 4.23. The zero-order valence-electron chi connectivity index (χ0n) is 40.5. The highest BCUT2D eigenvalue weighted by molar-refractivity contribution is 5.91. The quantitative estimate of drug-likeness (QED) is 0.0666. The molecule has 8 aromatic rings. The van der Waals surface area contributed by atoms with Crippen LogP contribution < -0.4 is 0 Å². The Balaban J connectivity index is 0.846. The minimum absolute atomic E-state index is 0.180. The van der Waals surface area contributed by atoms with Crippen molar-refractivity contribution < 1.29 is 47.6 Å². The number of carbonyl (C=O) groups excluding carboxylic acids is 4. The zero-order valence-corrected chi connectivity index (χ0v) is 40.5. The molecule has 0 spiro atoms. The average molecular weight is 991 g/mol. The van der Waals surface area contributed by atoms with Gasteiger partial charge in [-0.25, -0.2) is 49.1 Å². The zero-order chi connectivity index (χ0) is 51.3. The van der Waals surface area contributed by atoms with Gasteiger partial charge in [-0.2, -0.15) is 0 Å². The molecule has 18 nitrogen and oxygen atoms in total. The van der Waals surface area contributed by atoms with E-state index in [-0.39, 0.29) is 26.1 Å². The van der Waals surface area contributed by atoms with Crippen LogP contribution in [0.25, 0.3) is 22.3 Å². The second kappa shape index (κ2) is 21.3. The maximum Gasteiger partial charge on any atom is 0.338 e. The van der Waals surface area contributed by atoms with Gasteiger partial charge in [0.15, 0.2) is 11.3 Å². The van der Waals surface area contributed by atoms with Crippen molar-refractivity contribution in [3.63, 3.8) is 0 Å². The third kappa shape index (κ3) is 10.7. The molecule has 2 saturated heterocycles. The lowest BCUT2D eigenvalue weighted by molar-refractivity contribution is -0.0565. The molecular formula is C56H46N8O10. The Hall–Kier alpha value is -9.10. The summed E-state index contributed by atoms with van der Waals surface area (Å²) in [6.45, 7) is 7.34. The molecule has 0 N–H and O–H groups in total. The summed E-state index contributed by atoms with van der Waals surface area (Å²) in [6, 6.07) is 28.1. The minimum Gasteiger partial charge on any atom is -0.459 e. The van der Waals surface area contributed by atoms with Crippen LogP contribution in [-0.2, 0) is 28.4 Å². The molecule has 74 heavy (non-hydrogen) atoms. The number of esters is 4. The van der Waals surface area contributed by atoms with E-state index in [1.807, 2.05) is 76.2 Å². The number of aryl methyl sites for hydroxylation is 4. The van der Waals surface area contributed by atoms with Gasteiger partial charge in [-0.3, -0.25) is 9.13 Å². The molecule has 2 aliphatic heterocycles. The van der Waals surface area contributed by atoms with Gasteiger partial charge in [0.1, 0.15) is 85.2 Å². The van der Waals surface area contributed by atoms with Crippen molar-refractivity contribution in [1.29, 1.82) is 0 Å². The highest BCUT2D eigenvalue weighted by Gasteiger charge is 2.42. The topological polar surface area (TPSA) is 211 Å². The van der Waals surface area contributed by atoms with Crippen molar-refractivity contribution in [1.82, 2.24) is 39.0 Å². The molecule has 10 rings (SSSR count). The van der Waals surface area contributed by atoms with E-state index in [2.05, 4.69) is 53.6 Å². The fourth-order valence-electron chi connectivity index (χ4n) is 8.43. The maximum atomic E-state index is 13.3. The van der Waals surface area contributed by atoms with Crippen molar-refractivity contribution in [2.45, 2.75) is 77.4 Å². The number of hydrogen-bond donors (Lipinski definition) is 0. The monoisotopic (exact) mass is 990 g/mol. The first kappa shape index (κ1) is 48.5. The summed E-state index contributed by atoms with van der Waals surface area (Å²) in [5.74, 6) is 9.44. The van der Waals surface area contributed by atoms with E-state index in [4.69, 9.17) is 28.4 Å². The molecule has 0 aliphatic carbocycles. The number of carbonyl (C=O) groups is 4. The van der Waals surface area contributed by atoms with Crippen molar-refractivity contribution in [2.75, 3.05) is 13.2 Å². The smallest absolute Gasteiger partial charge is 0.338 e. The first-order chi connectivity index (χ1) is 35.9. The molecule has 4 aromatic carbocycles. The summed E-state index contributed by atoms with van der Waals surface area (Å²) in [5, 5.41) is 0. The van der Waals surface area contributed by atoms with E-state index < -0.39 is 60.7 Å². The number of ether oxygens (including phenoxy) is 6. The molecule has 6 atom stereocenters. The van der Waals surface area contributed by atoms with Crippen LogP contribution >= 0.6 is 0 Å². The predicted octanol–water partition coefficient (Wildman–Crippen LogP) is 7.34. The van der Waals surface area contributed by atoms with E-state index in [1.165, 1.54) is 12.7 Å². The van der Waals surface area contributed by atoms with E-state index in [0.717, 1.165) is 22.3 Å². The molecule has 0 saturated carbocycles. The standard InChI is InChI=1S/C56H46N8O10/c1-33-9-17-37(18-10-33)53(65)69-27-45-43(73-55(67)39-21-13-35(3)14-22-39)25-47(71-45)63-31-61-49-41(57-29-59-51(49)63)7-5-6-8-42-50-52(60-30-58-42)64(32-62-50)48-26-44(74-56(68)40-23-15-36(4)16-24-40)46(72-48)28-70-54(66)38-19-11-34(2)12-20-38/h9-24,29-32,43-48H,25-28H2,1-4H3/t43-,44-,45+,46+,47+,48+/m0/s1. The molecule has 0 unspecified atom stereocenters. The maximum absolute atomic E-state index is 13.3. The normalized spacial score (nSPS) is 19.0. The lowest BCUT2D eigenvalue weighted by Crippen LogP contribution is -2.32. The summed E-state index contributed by atoms with van der Waals surface area (Å²) in [6.07, 6.45) is 1.56. The molecular weight excluding hydrogens is 945 g/mol. The molecule has 0 radical (unpaired) electrons. The van der Waals surface area contributed by atoms with Gasteiger partial charge >= 0.3 is 23.9 Å². The van der Waals surface area contributed by atoms with Crippen LogP contribution in [0.5, 0.6) is 0 Å². The second-order valence-electron chi connectivity index (χ2n) is 17.9. The predicted molar refractivity (Wildman–Crippen MR) is 265 cm³/mol. The van der Waals surface area contributed by atoms with Gasteiger partial charge in [0.2, 0.25) is 0 Å². The molecule has 370 valence electrons. The third-order valence-electron chi connectivity index (χ3n) is 12.5. The molecule has 0 amide bonds. The number of fused-ring (bicyclic) bond motifs is 2. The van der Waals surface area contributed by atoms with Crippen LogP contribution in [0.3, 0.4) is 0 Å². The van der Waals surface area contributed by atoms with E-state index in [1.54, 1.807) is 70.3 Å². The lowest BCUT2D eigenvalue weighted by Gasteiger charge is -2.19. The molecule has 2 fully saturated rings. The number of aromatic nitrogens is 8. The van der Waals surface area contributed by atoms with E-state index in [0.29, 0.717) is 56.0 Å². The van der Waals surface area contributed by atoms with Gasteiger partial charge in [0, 0.05) is 12.8 Å². The van der Waals surface area contributed by atoms with Gasteiger partial charge in [0.05, 0.1) is 34.9 Å². The summed E-state index contributed by atoms with van der Waals surface area (Å²) in [7, 11) is 0. The SMILES string of the molecule is Cc1ccc(C(=O)OC[C@H]2O[C@@H](n3cnc4c(C#CC#Cc5ncnc6c5ncn6[C@H]5C[C@H](OC(=O)c6ccc(C)cc6)[C@@H](COC(=O)c6ccc(C)cc6)O5)ncnc43)C[C@@H]2OC(=O)c2ccc(C)cc2)cc1. The molecule has 4 aromatic heterocycles. The highest BCUT2D eigenvalue weighted by atomic mass is 16.6. The Morgan fingerprint density at radius 2 is 0.824 bits per heavy atom. The minimum atomic E-state index is -0.813. The summed E-state index contributed by atoms with van der Waals surface area (Å²) in [4.78, 5) is 79.4. The van der Waals surface area contributed by atoms with Crippen LogP contribution in [0.4, 0.5) is 0 Å². The Bertz CT molecular complexity index is 3300. The number of imidazole rings is 2. The highest BCUT2D eigenvalue weighted by Crippen LogP contribution is 2.35. The van der Waals surface area contributed by atoms with Gasteiger partial charge in [-0.05, 0) is 99.9 Å². The van der Waals surface area contributed by atoms with Crippen LogP contribution in [0, 0.1) is 51.4 Å². The van der Waals surface area contributed by atoms with Crippen molar-refractivity contribution in [3.8, 4) is 23.7 Å². The largest absolute Gasteiger partial charge is 0.459 e. The molecule has 2 aliphatic rings. The van der Waals surface area contributed by atoms with Gasteiger partial charge in [-0.1, -0.05) is 70.8 Å². The van der Waals surface area contributed by atoms with Gasteiger partial charge in [-0.15, -0.1) is 0 Å². The number of rotatable bonds is 12. The number of hydrogen-bond acceptors (Lipinski definition) is 16. The Morgan fingerprint density at radius 1 is 0.486 bits per heavy atom. The van der Waals surface area contributed by atoms with Crippen LogP contribution in [0.1, 0.15) is 100 Å². The Labute approximate surface area is 424 Å². The lowest BCUT2D eigenvalue weighted by atomic mass is 10.1. The summed E-state index contributed by atoms with van der Waals surface area (Å²) in [5.41, 5.74) is 7.63. The Morgan fingerprint density at radius 3 is 1.18 bits per heavy atom. The van der Waals surface area contributed by atoms with Crippen LogP contribution in [-0.4, -0.2) is 101 Å². The third-order valence-corrected chi connectivity index (χ3v) is 12.5. The van der Waals surface area contributed by atoms with Crippen molar-refractivity contribution >= 4 is 46.2 Å². The first-order valence-corrected chi connectivity index (χ1v) is 23.6. The number of nitrogens with zero attached hydrogens (tertiary/aromatic N) is 8. The fourth-order valence-corrected chi connectivity index (χ4v) is 8.43. The second-order valence-corrected chi connectivity index (χ2v) is 17.9. The Kier molecular flexibility index (Phi) is 14.0. The van der Waals surface area contributed by atoms with E-state index in [9.17, 15) is 19.2 Å². The molecule has 0 bridgehead atoms. The van der Waals surface area contributed by atoms with Crippen molar-refractivity contribution in [3.05, 3.63) is 178 Å². The van der Waals surface area contributed by atoms with Crippen molar-refractivity contribution in [2.24, 2.45) is 0 Å². The number of benzene rings is 4. The fraction of sp³-hybridized carbons (Fsp3) is 0.250. The van der Waals surface area contributed by atoms with Crippen LogP contribution in [0.2, 0.25) is 0 Å². The first-order valence-electron chi connectivity index (χ1n) is 23.6. The van der Waals surface area contributed by atoms with Gasteiger partial charge in [0.25, 0.3) is 0 Å². The van der Waals surface area contributed by atoms with Gasteiger partial charge < -0.3 is 28.4 Å².